The summed E-state index contributed by atoms with van der Waals surface area (Å²) in [5.41, 5.74) is 2.86. The lowest BCUT2D eigenvalue weighted by molar-refractivity contribution is 0.772. The summed E-state index contributed by atoms with van der Waals surface area (Å²) in [5.74, 6) is 0. The molecule has 0 aromatic rings. The number of hydrogen-bond donors (Lipinski definition) is 0. The average Bonchev–Trinajstić information content (AvgIpc) is 2.01. The van der Waals surface area contributed by atoms with Gasteiger partial charge in [0, 0.05) is 0 Å². The third-order valence-corrected chi connectivity index (χ3v) is 1.97. The zero-order chi connectivity index (χ0) is 9.40. The van der Waals surface area contributed by atoms with Crippen LogP contribution in [0.4, 0.5) is 0 Å². The maximum absolute atomic E-state index is 4.07. The van der Waals surface area contributed by atoms with Gasteiger partial charge in [-0.25, -0.2) is 0 Å². The second kappa shape index (κ2) is 7.15. The first-order chi connectivity index (χ1) is 5.70. The predicted octanol–water partition coefficient (Wildman–Crippen LogP) is 4.48. The van der Waals surface area contributed by atoms with Crippen molar-refractivity contribution in [2.75, 3.05) is 0 Å². The maximum atomic E-state index is 4.07. The van der Waals surface area contributed by atoms with Gasteiger partial charge in [0.2, 0.25) is 0 Å². The molecule has 70 valence electrons. The molecule has 0 atom stereocenters. The second-order valence-corrected chi connectivity index (χ2v) is 3.49. The summed E-state index contributed by atoms with van der Waals surface area (Å²) in [5, 5.41) is 0. The third-order valence-electron chi connectivity index (χ3n) is 1.97. The van der Waals surface area contributed by atoms with Crippen LogP contribution in [0, 0.1) is 0 Å². The molecule has 0 aromatic carbocycles. The fourth-order valence-electron chi connectivity index (χ4n) is 1.33. The lowest BCUT2D eigenvalue weighted by Crippen LogP contribution is -1.84. The van der Waals surface area contributed by atoms with Crippen LogP contribution in [-0.4, -0.2) is 0 Å². The van der Waals surface area contributed by atoms with Crippen LogP contribution in [-0.2, 0) is 0 Å². The molecule has 0 heteroatoms. The molecule has 0 N–H and O–H groups in total. The summed E-state index contributed by atoms with van der Waals surface area (Å²) in [6.45, 7) is 10.7. The molecule has 0 saturated heterocycles. The molecule has 0 spiro atoms. The summed E-state index contributed by atoms with van der Waals surface area (Å²) in [7, 11) is 0. The van der Waals surface area contributed by atoms with Crippen molar-refractivity contribution in [1.82, 2.24) is 0 Å². The quantitative estimate of drug-likeness (QED) is 0.510. The fraction of sp³-hybridized carbons (Fsp3) is 0.667. The summed E-state index contributed by atoms with van der Waals surface area (Å²) in [6.07, 6.45) is 8.30. The van der Waals surface area contributed by atoms with Crippen molar-refractivity contribution in [3.63, 3.8) is 0 Å². The van der Waals surface area contributed by atoms with Gasteiger partial charge in [0.15, 0.2) is 0 Å². The molecule has 0 nitrogen and oxygen atoms in total. The third kappa shape index (κ3) is 6.21. The van der Waals surface area contributed by atoms with E-state index < -0.39 is 0 Å². The molecule has 0 unspecified atom stereocenters. The highest BCUT2D eigenvalue weighted by molar-refractivity contribution is 5.10. The topological polar surface area (TPSA) is 0 Å². The molecule has 0 fully saturated rings. The predicted molar refractivity (Wildman–Crippen MR) is 57.3 cm³/mol. The van der Waals surface area contributed by atoms with Crippen LogP contribution in [0.2, 0.25) is 0 Å². The normalized spacial score (nSPS) is 11.8. The second-order valence-electron chi connectivity index (χ2n) is 3.49. The first kappa shape index (κ1) is 11.5. The van der Waals surface area contributed by atoms with Gasteiger partial charge >= 0.3 is 0 Å². The van der Waals surface area contributed by atoms with Crippen LogP contribution < -0.4 is 0 Å². The van der Waals surface area contributed by atoms with E-state index in [0.717, 1.165) is 12.8 Å². The summed E-state index contributed by atoms with van der Waals surface area (Å²) in [6, 6.07) is 0. The lowest BCUT2D eigenvalue weighted by atomic mass is 10.0. The van der Waals surface area contributed by atoms with E-state index in [1.807, 2.05) is 0 Å². The Balaban J connectivity index is 3.61. The SMILES string of the molecule is C=C(CCCC)CC(C)=CCC. The summed E-state index contributed by atoms with van der Waals surface area (Å²) >= 11 is 0. The van der Waals surface area contributed by atoms with E-state index in [2.05, 4.69) is 33.4 Å². The summed E-state index contributed by atoms with van der Waals surface area (Å²) < 4.78 is 0. The van der Waals surface area contributed by atoms with Crippen molar-refractivity contribution < 1.29 is 0 Å². The van der Waals surface area contributed by atoms with Crippen molar-refractivity contribution in [3.05, 3.63) is 23.8 Å². The standard InChI is InChI=1S/C12H22/c1-5-7-9-12(4)10-11(3)8-6-2/h8H,4-7,9-10H2,1-3H3. The van der Waals surface area contributed by atoms with Crippen molar-refractivity contribution in [2.24, 2.45) is 0 Å². The first-order valence-corrected chi connectivity index (χ1v) is 5.03. The smallest absolute Gasteiger partial charge is 0.0114 e. The minimum Gasteiger partial charge on any atom is -0.0995 e. The molecular formula is C12H22. The molecule has 0 aliphatic heterocycles. The molecule has 0 saturated carbocycles. The molecule has 12 heavy (non-hydrogen) atoms. The van der Waals surface area contributed by atoms with Crippen LogP contribution in [0.3, 0.4) is 0 Å². The minimum atomic E-state index is 1.10. The molecule has 0 rings (SSSR count). The van der Waals surface area contributed by atoms with Gasteiger partial charge in [-0.15, -0.1) is 0 Å². The Morgan fingerprint density at radius 2 is 2.00 bits per heavy atom. The van der Waals surface area contributed by atoms with Crippen LogP contribution in [0.15, 0.2) is 23.8 Å². The maximum Gasteiger partial charge on any atom is -0.0114 e. The highest BCUT2D eigenvalue weighted by Crippen LogP contribution is 2.14. The van der Waals surface area contributed by atoms with Gasteiger partial charge in [0.05, 0.1) is 0 Å². The zero-order valence-electron chi connectivity index (χ0n) is 8.82. The van der Waals surface area contributed by atoms with E-state index in [1.54, 1.807) is 0 Å². The van der Waals surface area contributed by atoms with E-state index in [0.29, 0.717) is 0 Å². The van der Waals surface area contributed by atoms with E-state index in [-0.39, 0.29) is 0 Å². The van der Waals surface area contributed by atoms with Gasteiger partial charge in [0.25, 0.3) is 0 Å². The average molecular weight is 166 g/mol. The Morgan fingerprint density at radius 1 is 1.33 bits per heavy atom. The van der Waals surface area contributed by atoms with E-state index in [4.69, 9.17) is 0 Å². The van der Waals surface area contributed by atoms with E-state index >= 15 is 0 Å². The molecule has 0 bridgehead atoms. The van der Waals surface area contributed by atoms with Crippen LogP contribution in [0.25, 0.3) is 0 Å². The summed E-state index contributed by atoms with van der Waals surface area (Å²) in [4.78, 5) is 0. The Hall–Kier alpha value is -0.520. The number of allylic oxidation sites excluding steroid dienone is 3. The Morgan fingerprint density at radius 3 is 2.50 bits per heavy atom. The number of unbranched alkanes of at least 4 members (excludes halogenated alkanes) is 1. The van der Waals surface area contributed by atoms with Crippen LogP contribution >= 0.6 is 0 Å². The first-order valence-electron chi connectivity index (χ1n) is 5.03. The number of hydrogen-bond acceptors (Lipinski definition) is 0. The molecule has 0 radical (unpaired) electrons. The highest BCUT2D eigenvalue weighted by Gasteiger charge is 1.94. The van der Waals surface area contributed by atoms with Gasteiger partial charge in [-0.05, 0) is 32.6 Å². The van der Waals surface area contributed by atoms with Crippen LogP contribution in [0.5, 0.6) is 0 Å². The fourth-order valence-corrected chi connectivity index (χ4v) is 1.33. The van der Waals surface area contributed by atoms with Gasteiger partial charge in [-0.1, -0.05) is 44.1 Å². The van der Waals surface area contributed by atoms with E-state index in [9.17, 15) is 0 Å². The van der Waals surface area contributed by atoms with Crippen molar-refractivity contribution in [3.8, 4) is 0 Å². The largest absolute Gasteiger partial charge is 0.0995 e. The van der Waals surface area contributed by atoms with Crippen LogP contribution in [0.1, 0.15) is 52.9 Å². The van der Waals surface area contributed by atoms with Gasteiger partial charge in [-0.3, -0.25) is 0 Å². The number of rotatable bonds is 6. The van der Waals surface area contributed by atoms with Gasteiger partial charge < -0.3 is 0 Å². The lowest BCUT2D eigenvalue weighted by Gasteiger charge is -2.04. The molecule has 0 amide bonds. The minimum absolute atomic E-state index is 1.10. The van der Waals surface area contributed by atoms with Crippen molar-refractivity contribution in [1.29, 1.82) is 0 Å². The van der Waals surface area contributed by atoms with Gasteiger partial charge in [-0.2, -0.15) is 0 Å². The van der Waals surface area contributed by atoms with Gasteiger partial charge in [0.1, 0.15) is 0 Å². The Labute approximate surface area is 77.4 Å². The molecule has 0 heterocycles. The molecule has 0 aromatic heterocycles. The molecule has 0 aliphatic carbocycles. The van der Waals surface area contributed by atoms with E-state index in [1.165, 1.54) is 30.4 Å². The zero-order valence-corrected chi connectivity index (χ0v) is 8.82. The van der Waals surface area contributed by atoms with Crippen molar-refractivity contribution >= 4 is 0 Å². The molecule has 0 aliphatic rings. The Bertz CT molecular complexity index is 151. The van der Waals surface area contributed by atoms with Crippen molar-refractivity contribution in [2.45, 2.75) is 52.9 Å². The highest BCUT2D eigenvalue weighted by atomic mass is 14.0. The monoisotopic (exact) mass is 166 g/mol. The molecular weight excluding hydrogens is 144 g/mol. The Kier molecular flexibility index (Phi) is 6.84.